The van der Waals surface area contributed by atoms with Crippen LogP contribution in [0, 0.1) is 13.8 Å². The van der Waals surface area contributed by atoms with Crippen LogP contribution in [-0.4, -0.2) is 44.8 Å². The monoisotopic (exact) mass is 405 g/mol. The van der Waals surface area contributed by atoms with Gasteiger partial charge in [0, 0.05) is 36.6 Å². The fourth-order valence-corrected chi connectivity index (χ4v) is 2.95. The molecule has 3 aromatic rings. The van der Waals surface area contributed by atoms with Crippen LogP contribution in [0.15, 0.2) is 54.7 Å². The van der Waals surface area contributed by atoms with Gasteiger partial charge in [0.15, 0.2) is 5.69 Å². The zero-order chi connectivity index (χ0) is 21.5. The number of hydrogen-bond acceptors (Lipinski definition) is 5. The Kier molecular flexibility index (Phi) is 6.59. The van der Waals surface area contributed by atoms with Crippen LogP contribution in [0.3, 0.4) is 0 Å². The van der Waals surface area contributed by atoms with E-state index in [1.807, 2.05) is 48.9 Å². The van der Waals surface area contributed by atoms with Gasteiger partial charge in [-0.2, -0.15) is 5.10 Å². The molecule has 0 saturated carbocycles. The SMILES string of the molecule is Cc1nn(-c2ccccc2)c(C)c1C=CC(=O)NCCNC(=O)c1ncccc1O. The largest absolute Gasteiger partial charge is 0.505 e. The summed E-state index contributed by atoms with van der Waals surface area (Å²) in [5, 5.41) is 19.5. The van der Waals surface area contributed by atoms with Crippen LogP contribution < -0.4 is 10.6 Å². The quantitative estimate of drug-likeness (QED) is 0.412. The van der Waals surface area contributed by atoms with Gasteiger partial charge in [0.1, 0.15) is 5.75 Å². The number of nitrogens with one attached hydrogen (secondary N) is 2. The minimum atomic E-state index is -0.502. The van der Waals surface area contributed by atoms with Crippen molar-refractivity contribution in [3.63, 3.8) is 0 Å². The molecule has 0 radical (unpaired) electrons. The lowest BCUT2D eigenvalue weighted by molar-refractivity contribution is -0.116. The maximum Gasteiger partial charge on any atom is 0.273 e. The van der Waals surface area contributed by atoms with Gasteiger partial charge in [-0.3, -0.25) is 9.59 Å². The molecular formula is C22H23N5O3. The maximum atomic E-state index is 12.1. The van der Waals surface area contributed by atoms with Gasteiger partial charge in [-0.25, -0.2) is 9.67 Å². The molecule has 2 amide bonds. The highest BCUT2D eigenvalue weighted by Crippen LogP contribution is 2.19. The summed E-state index contributed by atoms with van der Waals surface area (Å²) in [6, 6.07) is 12.7. The van der Waals surface area contributed by atoms with Gasteiger partial charge in [0.2, 0.25) is 5.91 Å². The number of amides is 2. The first kappa shape index (κ1) is 20.8. The van der Waals surface area contributed by atoms with Crippen molar-refractivity contribution in [2.45, 2.75) is 13.8 Å². The second-order valence-corrected chi connectivity index (χ2v) is 6.58. The molecule has 8 heteroatoms. The van der Waals surface area contributed by atoms with Crippen molar-refractivity contribution in [2.24, 2.45) is 0 Å². The van der Waals surface area contributed by atoms with E-state index in [0.717, 1.165) is 22.6 Å². The molecule has 0 aliphatic heterocycles. The average Bonchev–Trinajstić information content (AvgIpc) is 3.04. The fraction of sp³-hybridized carbons (Fsp3) is 0.182. The summed E-state index contributed by atoms with van der Waals surface area (Å²) in [5.41, 5.74) is 3.54. The smallest absolute Gasteiger partial charge is 0.273 e. The number of rotatable bonds is 7. The Labute approximate surface area is 174 Å². The van der Waals surface area contributed by atoms with Gasteiger partial charge in [0.05, 0.1) is 11.4 Å². The van der Waals surface area contributed by atoms with E-state index in [0.29, 0.717) is 0 Å². The van der Waals surface area contributed by atoms with E-state index in [9.17, 15) is 14.7 Å². The van der Waals surface area contributed by atoms with E-state index >= 15 is 0 Å². The van der Waals surface area contributed by atoms with Gasteiger partial charge in [0.25, 0.3) is 5.91 Å². The molecule has 154 valence electrons. The molecule has 30 heavy (non-hydrogen) atoms. The number of aryl methyl sites for hydroxylation is 1. The van der Waals surface area contributed by atoms with Gasteiger partial charge >= 0.3 is 0 Å². The summed E-state index contributed by atoms with van der Waals surface area (Å²) >= 11 is 0. The van der Waals surface area contributed by atoms with Crippen molar-refractivity contribution >= 4 is 17.9 Å². The summed E-state index contributed by atoms with van der Waals surface area (Å²) in [6.07, 6.45) is 4.60. The zero-order valence-corrected chi connectivity index (χ0v) is 16.8. The zero-order valence-electron chi connectivity index (χ0n) is 16.8. The maximum absolute atomic E-state index is 12.1. The summed E-state index contributed by atoms with van der Waals surface area (Å²) in [6.45, 7) is 4.29. The van der Waals surface area contributed by atoms with E-state index in [1.54, 1.807) is 6.08 Å². The summed E-state index contributed by atoms with van der Waals surface area (Å²) in [7, 11) is 0. The molecule has 0 atom stereocenters. The third-order valence-corrected chi connectivity index (χ3v) is 4.46. The van der Waals surface area contributed by atoms with E-state index in [2.05, 4.69) is 20.7 Å². The van der Waals surface area contributed by atoms with Crippen LogP contribution >= 0.6 is 0 Å². The second kappa shape index (κ2) is 9.51. The standard InChI is InChI=1S/C22H23N5O3/c1-15-18(16(2)27(26-15)17-7-4-3-5-8-17)10-11-20(29)23-13-14-25-22(30)21-19(28)9-6-12-24-21/h3-12,28H,13-14H2,1-2H3,(H,23,29)(H,25,30). The van der Waals surface area contributed by atoms with Gasteiger partial charge in [-0.15, -0.1) is 0 Å². The Balaban J connectivity index is 1.52. The third-order valence-electron chi connectivity index (χ3n) is 4.46. The number of benzene rings is 1. The normalized spacial score (nSPS) is 10.9. The van der Waals surface area contributed by atoms with E-state index in [1.165, 1.54) is 24.4 Å². The Bertz CT molecular complexity index is 1070. The summed E-state index contributed by atoms with van der Waals surface area (Å²) in [4.78, 5) is 27.9. The molecular weight excluding hydrogens is 382 g/mol. The van der Waals surface area contributed by atoms with Crippen LogP contribution in [0.2, 0.25) is 0 Å². The van der Waals surface area contributed by atoms with Crippen molar-refractivity contribution < 1.29 is 14.7 Å². The Morgan fingerprint density at radius 3 is 2.53 bits per heavy atom. The topological polar surface area (TPSA) is 109 Å². The van der Waals surface area contributed by atoms with Crippen LogP contribution in [0.4, 0.5) is 0 Å². The van der Waals surface area contributed by atoms with Crippen molar-refractivity contribution in [1.82, 2.24) is 25.4 Å². The first-order valence-corrected chi connectivity index (χ1v) is 9.47. The predicted molar refractivity (Wildman–Crippen MR) is 113 cm³/mol. The Morgan fingerprint density at radius 2 is 1.80 bits per heavy atom. The highest BCUT2D eigenvalue weighted by atomic mass is 16.3. The van der Waals surface area contributed by atoms with Crippen molar-refractivity contribution in [1.29, 1.82) is 0 Å². The lowest BCUT2D eigenvalue weighted by atomic mass is 10.2. The van der Waals surface area contributed by atoms with E-state index in [-0.39, 0.29) is 30.4 Å². The highest BCUT2D eigenvalue weighted by molar-refractivity contribution is 5.95. The fourth-order valence-electron chi connectivity index (χ4n) is 2.95. The number of para-hydroxylation sites is 1. The Hall–Kier alpha value is -3.94. The van der Waals surface area contributed by atoms with Crippen LogP contribution in [0.1, 0.15) is 27.4 Å². The van der Waals surface area contributed by atoms with Crippen molar-refractivity contribution in [3.05, 3.63) is 77.4 Å². The minimum Gasteiger partial charge on any atom is -0.505 e. The Morgan fingerprint density at radius 1 is 1.07 bits per heavy atom. The van der Waals surface area contributed by atoms with Crippen LogP contribution in [0.25, 0.3) is 11.8 Å². The van der Waals surface area contributed by atoms with Gasteiger partial charge in [-0.1, -0.05) is 18.2 Å². The third kappa shape index (κ3) is 4.91. The van der Waals surface area contributed by atoms with Crippen molar-refractivity contribution in [3.8, 4) is 11.4 Å². The summed E-state index contributed by atoms with van der Waals surface area (Å²) in [5.74, 6) is -0.975. The number of aromatic nitrogens is 3. The molecule has 0 saturated heterocycles. The van der Waals surface area contributed by atoms with Crippen molar-refractivity contribution in [2.75, 3.05) is 13.1 Å². The molecule has 0 spiro atoms. The van der Waals surface area contributed by atoms with E-state index < -0.39 is 5.91 Å². The molecule has 2 aromatic heterocycles. The number of aromatic hydroxyl groups is 1. The average molecular weight is 405 g/mol. The minimum absolute atomic E-state index is 0.0508. The molecule has 0 fully saturated rings. The van der Waals surface area contributed by atoms with Crippen LogP contribution in [0.5, 0.6) is 5.75 Å². The molecule has 3 rings (SSSR count). The van der Waals surface area contributed by atoms with Crippen LogP contribution in [-0.2, 0) is 4.79 Å². The molecule has 0 aliphatic rings. The molecule has 0 unspecified atom stereocenters. The van der Waals surface area contributed by atoms with E-state index in [4.69, 9.17) is 0 Å². The first-order valence-electron chi connectivity index (χ1n) is 9.47. The van der Waals surface area contributed by atoms with Gasteiger partial charge < -0.3 is 15.7 Å². The first-order chi connectivity index (χ1) is 14.5. The number of pyridine rings is 1. The lowest BCUT2D eigenvalue weighted by Crippen LogP contribution is -2.34. The predicted octanol–water partition coefficient (Wildman–Crippen LogP) is 2.15. The summed E-state index contributed by atoms with van der Waals surface area (Å²) < 4.78 is 1.84. The molecule has 2 heterocycles. The molecule has 3 N–H and O–H groups in total. The number of carbonyl (C=O) groups excluding carboxylic acids is 2. The number of hydrogen-bond donors (Lipinski definition) is 3. The van der Waals surface area contributed by atoms with Gasteiger partial charge in [-0.05, 0) is 44.2 Å². The second-order valence-electron chi connectivity index (χ2n) is 6.58. The highest BCUT2D eigenvalue weighted by Gasteiger charge is 2.12. The lowest BCUT2D eigenvalue weighted by Gasteiger charge is -2.06. The molecule has 8 nitrogen and oxygen atoms in total. The molecule has 1 aromatic carbocycles. The molecule has 0 aliphatic carbocycles. The number of carbonyl (C=O) groups is 2. The molecule has 0 bridgehead atoms. The number of nitrogens with zero attached hydrogens (tertiary/aromatic N) is 3.